The van der Waals surface area contributed by atoms with Crippen molar-refractivity contribution in [1.29, 1.82) is 0 Å². The average molecular weight is 648 g/mol. The maximum Gasteiger partial charge on any atom is 0.251 e. The fourth-order valence-corrected chi connectivity index (χ4v) is 7.42. The molecule has 5 rings (SSSR count). The maximum atomic E-state index is 14.4. The van der Waals surface area contributed by atoms with Gasteiger partial charge in [0.1, 0.15) is 5.82 Å². The molecule has 0 bridgehead atoms. The van der Waals surface area contributed by atoms with Crippen molar-refractivity contribution in [2.45, 2.75) is 25.9 Å². The van der Waals surface area contributed by atoms with Crippen LogP contribution in [0, 0.1) is 18.7 Å². The van der Waals surface area contributed by atoms with E-state index in [9.17, 15) is 17.6 Å². The van der Waals surface area contributed by atoms with Crippen LogP contribution in [0.25, 0.3) is 0 Å². The molecular formula is C30H29Cl2FN4O3S2. The number of nitrogens with one attached hydrogen (secondary N) is 2. The number of thiazole rings is 1. The number of hydrogen-bond acceptors (Lipinski definition) is 6. The van der Waals surface area contributed by atoms with Gasteiger partial charge in [-0.1, -0.05) is 47.5 Å². The van der Waals surface area contributed by atoms with E-state index >= 15 is 0 Å². The fraction of sp³-hybridized carbons (Fsp3) is 0.267. The molecule has 12 heteroatoms. The monoisotopic (exact) mass is 646 g/mol. The van der Waals surface area contributed by atoms with Crippen molar-refractivity contribution in [3.8, 4) is 0 Å². The highest BCUT2D eigenvalue weighted by Crippen LogP contribution is 2.36. The fourth-order valence-electron chi connectivity index (χ4n) is 5.07. The van der Waals surface area contributed by atoms with Crippen molar-refractivity contribution in [2.24, 2.45) is 5.92 Å². The minimum Gasteiger partial charge on any atom is -0.344 e. The summed E-state index contributed by atoms with van der Waals surface area (Å²) in [5.74, 6) is -1.53. The molecule has 1 aliphatic heterocycles. The van der Waals surface area contributed by atoms with E-state index in [-0.39, 0.29) is 29.0 Å². The number of amides is 1. The van der Waals surface area contributed by atoms with E-state index in [1.54, 1.807) is 6.92 Å². The summed E-state index contributed by atoms with van der Waals surface area (Å²) in [6, 6.07) is 18.2. The molecule has 0 radical (unpaired) electrons. The van der Waals surface area contributed by atoms with Crippen LogP contribution < -0.4 is 10.0 Å². The van der Waals surface area contributed by atoms with Crippen molar-refractivity contribution in [3.05, 3.63) is 115 Å². The lowest BCUT2D eigenvalue weighted by atomic mass is 9.91. The molecule has 1 aromatic heterocycles. The zero-order chi connectivity index (χ0) is 30.0. The topological polar surface area (TPSA) is 91.4 Å². The number of likely N-dealkylation sites (tertiary alicyclic amines) is 1. The first kappa shape index (κ1) is 30.4. The number of hydrogen-bond donors (Lipinski definition) is 2. The molecule has 3 aromatic carbocycles. The van der Waals surface area contributed by atoms with E-state index in [1.807, 2.05) is 60.8 Å². The van der Waals surface area contributed by atoms with Crippen LogP contribution in [-0.2, 0) is 10.0 Å². The maximum absolute atomic E-state index is 14.4. The molecule has 1 aliphatic rings. The highest BCUT2D eigenvalue weighted by molar-refractivity contribution is 7.92. The number of carbonyl (C=O) groups excluding carboxylic acids is 1. The molecule has 1 saturated heterocycles. The Hall–Kier alpha value is -3.02. The van der Waals surface area contributed by atoms with Gasteiger partial charge in [-0.3, -0.25) is 14.4 Å². The molecule has 220 valence electrons. The zero-order valence-corrected chi connectivity index (χ0v) is 26.0. The molecule has 0 aliphatic carbocycles. The molecule has 1 fully saturated rings. The van der Waals surface area contributed by atoms with Crippen molar-refractivity contribution in [1.82, 2.24) is 15.2 Å². The Morgan fingerprint density at radius 1 is 1.05 bits per heavy atom. The van der Waals surface area contributed by atoms with Gasteiger partial charge in [-0.2, -0.15) is 0 Å². The number of aromatic nitrogens is 1. The Kier molecular flexibility index (Phi) is 9.20. The van der Waals surface area contributed by atoms with Gasteiger partial charge in [-0.25, -0.2) is 17.8 Å². The highest BCUT2D eigenvalue weighted by Gasteiger charge is 2.36. The number of anilines is 1. The molecule has 1 unspecified atom stereocenters. The summed E-state index contributed by atoms with van der Waals surface area (Å²) >= 11 is 13.7. The van der Waals surface area contributed by atoms with E-state index in [4.69, 9.17) is 23.2 Å². The zero-order valence-electron chi connectivity index (χ0n) is 22.9. The number of carbonyl (C=O) groups is 1. The first-order valence-electron chi connectivity index (χ1n) is 13.2. The van der Waals surface area contributed by atoms with Gasteiger partial charge in [0.15, 0.2) is 0 Å². The predicted octanol–water partition coefficient (Wildman–Crippen LogP) is 6.85. The first-order valence-corrected chi connectivity index (χ1v) is 16.5. The number of halogens is 3. The Morgan fingerprint density at radius 3 is 2.19 bits per heavy atom. The van der Waals surface area contributed by atoms with Gasteiger partial charge in [0, 0.05) is 40.0 Å². The Morgan fingerprint density at radius 2 is 1.64 bits per heavy atom. The van der Waals surface area contributed by atoms with Gasteiger partial charge in [0.25, 0.3) is 5.91 Å². The van der Waals surface area contributed by atoms with E-state index in [0.29, 0.717) is 28.8 Å². The minimum absolute atomic E-state index is 0.00584. The molecule has 42 heavy (non-hydrogen) atoms. The van der Waals surface area contributed by atoms with Crippen molar-refractivity contribution >= 4 is 56.2 Å². The summed E-state index contributed by atoms with van der Waals surface area (Å²) in [6.45, 7) is 4.73. The average Bonchev–Trinajstić information content (AvgIpc) is 3.35. The predicted molar refractivity (Wildman–Crippen MR) is 166 cm³/mol. The summed E-state index contributed by atoms with van der Waals surface area (Å²) in [5.41, 5.74) is 2.77. The SMILES string of the molecule is Cc1nc(C(C)NC(=O)c2cc(F)cc(NS(=O)(=O)CC3CN(C(c4ccc(Cl)cc4)c4ccc(Cl)cc4)C3)c2)cs1. The van der Waals surface area contributed by atoms with Crippen LogP contribution in [0.2, 0.25) is 10.0 Å². The normalized spacial score (nSPS) is 14.9. The molecule has 7 nitrogen and oxygen atoms in total. The van der Waals surface area contributed by atoms with Crippen LogP contribution in [0.3, 0.4) is 0 Å². The molecule has 0 saturated carbocycles. The number of nitrogens with zero attached hydrogens (tertiary/aromatic N) is 2. The summed E-state index contributed by atoms with van der Waals surface area (Å²) < 4.78 is 43.0. The van der Waals surface area contributed by atoms with Gasteiger partial charge >= 0.3 is 0 Å². The first-order chi connectivity index (χ1) is 20.0. The Balaban J connectivity index is 1.23. The van der Waals surface area contributed by atoms with Crippen LogP contribution in [0.15, 0.2) is 72.1 Å². The second-order valence-corrected chi connectivity index (χ2v) is 14.1. The lowest BCUT2D eigenvalue weighted by molar-refractivity contribution is 0.0813. The van der Waals surface area contributed by atoms with Gasteiger partial charge in [-0.15, -0.1) is 11.3 Å². The van der Waals surface area contributed by atoms with Gasteiger partial charge in [-0.05, 0) is 67.4 Å². The van der Waals surface area contributed by atoms with E-state index in [2.05, 4.69) is 19.9 Å². The van der Waals surface area contributed by atoms with Gasteiger partial charge in [0.05, 0.1) is 34.2 Å². The quantitative estimate of drug-likeness (QED) is 0.197. The van der Waals surface area contributed by atoms with Crippen LogP contribution in [0.1, 0.15) is 51.2 Å². The molecule has 1 atom stereocenters. The summed E-state index contributed by atoms with van der Waals surface area (Å²) in [5, 5.41) is 6.77. The Labute approximate surface area is 258 Å². The van der Waals surface area contributed by atoms with Crippen molar-refractivity contribution in [3.63, 3.8) is 0 Å². The summed E-state index contributed by atoms with van der Waals surface area (Å²) in [4.78, 5) is 19.4. The highest BCUT2D eigenvalue weighted by atomic mass is 35.5. The number of benzene rings is 3. The van der Waals surface area contributed by atoms with Crippen molar-refractivity contribution in [2.75, 3.05) is 23.6 Å². The van der Waals surface area contributed by atoms with E-state index in [0.717, 1.165) is 28.3 Å². The number of aryl methyl sites for hydroxylation is 1. The molecular weight excluding hydrogens is 618 g/mol. The lowest BCUT2D eigenvalue weighted by Crippen LogP contribution is -2.51. The molecule has 2 heterocycles. The van der Waals surface area contributed by atoms with Gasteiger partial charge in [0.2, 0.25) is 10.0 Å². The Bertz CT molecular complexity index is 1630. The third kappa shape index (κ3) is 7.48. The third-order valence-electron chi connectivity index (χ3n) is 7.04. The summed E-state index contributed by atoms with van der Waals surface area (Å²) in [6.07, 6.45) is 0. The van der Waals surface area contributed by atoms with Crippen LogP contribution in [-0.4, -0.2) is 43.1 Å². The molecule has 2 N–H and O–H groups in total. The number of sulfonamides is 1. The lowest BCUT2D eigenvalue weighted by Gasteiger charge is -2.44. The number of rotatable bonds is 10. The minimum atomic E-state index is -3.83. The molecule has 1 amide bonds. The third-order valence-corrected chi connectivity index (χ3v) is 9.79. The van der Waals surface area contributed by atoms with Crippen LogP contribution in [0.4, 0.5) is 10.1 Å². The van der Waals surface area contributed by atoms with E-state index < -0.39 is 27.8 Å². The van der Waals surface area contributed by atoms with Crippen LogP contribution >= 0.6 is 34.5 Å². The molecule has 0 spiro atoms. The van der Waals surface area contributed by atoms with E-state index in [1.165, 1.54) is 17.4 Å². The van der Waals surface area contributed by atoms with Gasteiger partial charge < -0.3 is 5.32 Å². The smallest absolute Gasteiger partial charge is 0.251 e. The van der Waals surface area contributed by atoms with Crippen LogP contribution in [0.5, 0.6) is 0 Å². The molecule has 4 aromatic rings. The van der Waals surface area contributed by atoms with Crippen molar-refractivity contribution < 1.29 is 17.6 Å². The second-order valence-electron chi connectivity index (χ2n) is 10.4. The second kappa shape index (κ2) is 12.7. The summed E-state index contributed by atoms with van der Waals surface area (Å²) in [7, 11) is -3.83. The standard InChI is InChI=1S/C30H29Cl2FN4O3S2/c1-18(28-16-41-19(2)35-28)34-30(38)23-11-26(33)13-27(12-23)36-42(39,40)17-20-14-37(15-20)29(21-3-7-24(31)8-4-21)22-5-9-25(32)10-6-22/h3-13,16,18,20,29,36H,14-15,17H2,1-2H3,(H,34,38). The largest absolute Gasteiger partial charge is 0.344 e.